The number of benzene rings is 4. The Morgan fingerprint density at radius 3 is 2.09 bits per heavy atom. The highest BCUT2D eigenvalue weighted by atomic mass is 35.5. The van der Waals surface area contributed by atoms with Crippen LogP contribution in [0.2, 0.25) is 5.02 Å². The Hall–Kier alpha value is -4.14. The van der Waals surface area contributed by atoms with Gasteiger partial charge in [0.1, 0.15) is 12.6 Å². The molecular weight excluding hydrogens is 618 g/mol. The summed E-state index contributed by atoms with van der Waals surface area (Å²) >= 11 is 6.60. The van der Waals surface area contributed by atoms with Gasteiger partial charge in [-0.25, -0.2) is 8.42 Å². The first-order valence-electron chi connectivity index (χ1n) is 15.7. The summed E-state index contributed by atoms with van der Waals surface area (Å²) in [5.74, 6) is -0.774. The number of halogens is 1. The van der Waals surface area contributed by atoms with Gasteiger partial charge in [-0.2, -0.15) is 0 Å². The molecule has 0 spiro atoms. The number of sulfonamides is 1. The standard InChI is InChI=1S/C37H40ClN3O4S/c1-28-21-23-32(24-22-28)41(46(44,45)33-18-9-4-10-19-33)27-36(42)40(26-30-15-11-12-20-34(30)38)35(25-29-13-5-2-6-14-29)37(43)39-31-16-7-3-8-17-31/h2,4-6,9-15,18-24,31,35H,3,7-8,16-17,25-27H2,1H3,(H,39,43)/t35-/m1/s1. The van der Waals surface area contributed by atoms with E-state index in [1.807, 2.05) is 61.5 Å². The number of anilines is 1. The molecule has 1 atom stereocenters. The van der Waals surface area contributed by atoms with Gasteiger partial charge < -0.3 is 10.2 Å². The van der Waals surface area contributed by atoms with Gasteiger partial charge in [0, 0.05) is 24.0 Å². The van der Waals surface area contributed by atoms with E-state index >= 15 is 0 Å². The summed E-state index contributed by atoms with van der Waals surface area (Å²) in [6.45, 7) is 1.43. The van der Waals surface area contributed by atoms with E-state index in [0.717, 1.165) is 47.5 Å². The van der Waals surface area contributed by atoms with Crippen LogP contribution < -0.4 is 9.62 Å². The predicted octanol–water partition coefficient (Wildman–Crippen LogP) is 6.93. The first-order chi connectivity index (χ1) is 22.2. The maximum absolute atomic E-state index is 14.6. The summed E-state index contributed by atoms with van der Waals surface area (Å²) in [5.41, 5.74) is 2.85. The van der Waals surface area contributed by atoms with Crippen molar-refractivity contribution in [2.75, 3.05) is 10.8 Å². The monoisotopic (exact) mass is 657 g/mol. The SMILES string of the molecule is Cc1ccc(N(CC(=O)N(Cc2ccccc2Cl)[C@H](Cc2ccccc2)C(=O)NC2CCCCC2)S(=O)(=O)c2ccccc2)cc1. The minimum atomic E-state index is -4.14. The second kappa shape index (κ2) is 15.4. The fourth-order valence-corrected chi connectivity index (χ4v) is 7.50. The predicted molar refractivity (Wildman–Crippen MR) is 183 cm³/mol. The van der Waals surface area contributed by atoms with Gasteiger partial charge in [0.25, 0.3) is 10.0 Å². The van der Waals surface area contributed by atoms with E-state index in [9.17, 15) is 18.0 Å². The number of nitrogens with one attached hydrogen (secondary N) is 1. The van der Waals surface area contributed by atoms with E-state index < -0.39 is 28.5 Å². The lowest BCUT2D eigenvalue weighted by Gasteiger charge is -2.35. The van der Waals surface area contributed by atoms with Gasteiger partial charge in [-0.1, -0.05) is 115 Å². The Kier molecular flexibility index (Phi) is 11.1. The van der Waals surface area contributed by atoms with Crippen molar-refractivity contribution in [3.8, 4) is 0 Å². The van der Waals surface area contributed by atoms with Crippen LogP contribution in [-0.4, -0.2) is 43.8 Å². The third-order valence-corrected chi connectivity index (χ3v) is 10.6. The van der Waals surface area contributed by atoms with E-state index in [-0.39, 0.29) is 29.8 Å². The van der Waals surface area contributed by atoms with Crippen LogP contribution in [0.4, 0.5) is 5.69 Å². The molecule has 240 valence electrons. The Morgan fingerprint density at radius 1 is 0.826 bits per heavy atom. The summed E-state index contributed by atoms with van der Waals surface area (Å²) < 4.78 is 29.3. The number of carbonyl (C=O) groups excluding carboxylic acids is 2. The van der Waals surface area contributed by atoms with Gasteiger partial charge in [-0.15, -0.1) is 0 Å². The van der Waals surface area contributed by atoms with Gasteiger partial charge in [-0.05, 0) is 61.2 Å². The molecule has 0 unspecified atom stereocenters. The lowest BCUT2D eigenvalue weighted by molar-refractivity contribution is -0.140. The van der Waals surface area contributed by atoms with Gasteiger partial charge in [0.15, 0.2) is 0 Å². The molecule has 1 aliphatic rings. The van der Waals surface area contributed by atoms with Crippen molar-refractivity contribution < 1.29 is 18.0 Å². The van der Waals surface area contributed by atoms with Crippen LogP contribution in [0.15, 0.2) is 114 Å². The molecule has 4 aromatic carbocycles. The molecule has 46 heavy (non-hydrogen) atoms. The molecule has 0 heterocycles. The van der Waals surface area contributed by atoms with Crippen molar-refractivity contribution in [1.29, 1.82) is 0 Å². The molecule has 4 aromatic rings. The normalized spacial score (nSPS) is 14.3. The molecule has 5 rings (SSSR count). The van der Waals surface area contributed by atoms with Crippen LogP contribution in [0.3, 0.4) is 0 Å². The smallest absolute Gasteiger partial charge is 0.264 e. The van der Waals surface area contributed by atoms with Crippen molar-refractivity contribution in [3.63, 3.8) is 0 Å². The largest absolute Gasteiger partial charge is 0.352 e. The van der Waals surface area contributed by atoms with Gasteiger partial charge in [-0.3, -0.25) is 13.9 Å². The highest BCUT2D eigenvalue weighted by molar-refractivity contribution is 7.92. The molecular formula is C37H40ClN3O4S. The van der Waals surface area contributed by atoms with Crippen molar-refractivity contribution in [3.05, 3.63) is 131 Å². The Balaban J connectivity index is 1.56. The number of nitrogens with zero attached hydrogens (tertiary/aromatic N) is 2. The van der Waals surface area contributed by atoms with Crippen LogP contribution in [0.1, 0.15) is 48.8 Å². The second-order valence-corrected chi connectivity index (χ2v) is 14.1. The lowest BCUT2D eigenvalue weighted by atomic mass is 9.94. The molecule has 2 amide bonds. The average Bonchev–Trinajstić information content (AvgIpc) is 3.07. The maximum atomic E-state index is 14.6. The van der Waals surface area contributed by atoms with E-state index in [1.54, 1.807) is 42.5 Å². The summed E-state index contributed by atoms with van der Waals surface area (Å²) in [5, 5.41) is 3.68. The fraction of sp³-hybridized carbons (Fsp3) is 0.297. The third kappa shape index (κ3) is 8.36. The van der Waals surface area contributed by atoms with Gasteiger partial charge in [0.2, 0.25) is 11.8 Å². The molecule has 0 saturated heterocycles. The van der Waals surface area contributed by atoms with Crippen molar-refractivity contribution in [1.82, 2.24) is 10.2 Å². The number of aryl methyl sites for hydroxylation is 1. The van der Waals surface area contributed by atoms with Crippen molar-refractivity contribution in [2.45, 2.75) is 69.0 Å². The van der Waals surface area contributed by atoms with Crippen LogP contribution >= 0.6 is 11.6 Å². The molecule has 1 aliphatic carbocycles. The zero-order valence-electron chi connectivity index (χ0n) is 26.0. The van der Waals surface area contributed by atoms with E-state index in [0.29, 0.717) is 16.3 Å². The van der Waals surface area contributed by atoms with E-state index in [1.165, 1.54) is 17.0 Å². The molecule has 0 aliphatic heterocycles. The van der Waals surface area contributed by atoms with Crippen LogP contribution in [0.25, 0.3) is 0 Å². The Labute approximate surface area is 277 Å². The first-order valence-corrected chi connectivity index (χ1v) is 17.6. The fourth-order valence-electron chi connectivity index (χ4n) is 5.87. The molecule has 1 N–H and O–H groups in total. The molecule has 7 nitrogen and oxygen atoms in total. The number of amides is 2. The van der Waals surface area contributed by atoms with Crippen molar-refractivity contribution >= 4 is 39.1 Å². The number of hydrogen-bond donors (Lipinski definition) is 1. The van der Waals surface area contributed by atoms with Crippen LogP contribution in [-0.2, 0) is 32.6 Å². The number of carbonyl (C=O) groups is 2. The topological polar surface area (TPSA) is 86.8 Å². The Bertz CT molecular complexity index is 1710. The number of rotatable bonds is 12. The molecule has 0 aromatic heterocycles. The van der Waals surface area contributed by atoms with Gasteiger partial charge in [0.05, 0.1) is 10.6 Å². The minimum Gasteiger partial charge on any atom is -0.352 e. The second-order valence-electron chi connectivity index (χ2n) is 11.8. The number of hydrogen-bond acceptors (Lipinski definition) is 4. The summed E-state index contributed by atoms with van der Waals surface area (Å²) in [6, 6.07) is 30.9. The first kappa shape index (κ1) is 33.2. The lowest BCUT2D eigenvalue weighted by Crippen LogP contribution is -2.55. The quantitative estimate of drug-likeness (QED) is 0.179. The highest BCUT2D eigenvalue weighted by Crippen LogP contribution is 2.27. The van der Waals surface area contributed by atoms with Gasteiger partial charge >= 0.3 is 0 Å². The zero-order chi connectivity index (χ0) is 32.5. The van der Waals surface area contributed by atoms with E-state index in [2.05, 4.69) is 5.32 Å². The average molecular weight is 658 g/mol. The van der Waals surface area contributed by atoms with Crippen LogP contribution in [0, 0.1) is 6.92 Å². The molecule has 0 bridgehead atoms. The molecule has 0 radical (unpaired) electrons. The summed E-state index contributed by atoms with van der Waals surface area (Å²) in [7, 11) is -4.14. The maximum Gasteiger partial charge on any atom is 0.264 e. The van der Waals surface area contributed by atoms with E-state index in [4.69, 9.17) is 11.6 Å². The minimum absolute atomic E-state index is 0.0271. The highest BCUT2D eigenvalue weighted by Gasteiger charge is 2.35. The summed E-state index contributed by atoms with van der Waals surface area (Å²) in [6.07, 6.45) is 5.25. The molecule has 1 saturated carbocycles. The third-order valence-electron chi connectivity index (χ3n) is 8.45. The summed E-state index contributed by atoms with van der Waals surface area (Å²) in [4.78, 5) is 30.4. The van der Waals surface area contributed by atoms with Crippen LogP contribution in [0.5, 0.6) is 0 Å². The van der Waals surface area contributed by atoms with Crippen molar-refractivity contribution in [2.24, 2.45) is 0 Å². The zero-order valence-corrected chi connectivity index (χ0v) is 27.6. The molecule has 1 fully saturated rings. The molecule has 9 heteroatoms. The Morgan fingerprint density at radius 2 is 1.43 bits per heavy atom.